The van der Waals surface area contributed by atoms with Crippen molar-refractivity contribution in [1.82, 2.24) is 5.32 Å². The number of hydrogen-bond donors (Lipinski definition) is 3. The van der Waals surface area contributed by atoms with Gasteiger partial charge in [-0.05, 0) is 24.0 Å². The molecule has 0 saturated heterocycles. The van der Waals surface area contributed by atoms with Gasteiger partial charge in [0, 0.05) is 5.92 Å². The third-order valence-corrected chi connectivity index (χ3v) is 3.42. The third-order valence-electron chi connectivity index (χ3n) is 3.42. The highest BCUT2D eigenvalue weighted by atomic mass is 16.4. The second-order valence-electron chi connectivity index (χ2n) is 4.87. The number of rotatable bonds is 5. The number of benzene rings is 1. The van der Waals surface area contributed by atoms with Crippen molar-refractivity contribution >= 4 is 17.8 Å². The lowest BCUT2D eigenvalue weighted by molar-refractivity contribution is -0.147. The first-order valence-corrected chi connectivity index (χ1v) is 6.29. The van der Waals surface area contributed by atoms with Gasteiger partial charge in [0.2, 0.25) is 5.91 Å². The van der Waals surface area contributed by atoms with Crippen molar-refractivity contribution in [3.05, 3.63) is 35.4 Å². The molecule has 0 unspecified atom stereocenters. The summed E-state index contributed by atoms with van der Waals surface area (Å²) in [5.41, 5.74) is 2.16. The SMILES string of the molecule is O=C(O)C[C@H](NC(=O)C1Cc2ccccc2C1)C(=O)O. The molecule has 1 aliphatic rings. The molecule has 6 heteroatoms. The number of carboxylic acids is 2. The normalized spacial score (nSPS) is 15.4. The minimum Gasteiger partial charge on any atom is -0.481 e. The largest absolute Gasteiger partial charge is 0.481 e. The molecule has 106 valence electrons. The first-order chi connectivity index (χ1) is 9.47. The van der Waals surface area contributed by atoms with Gasteiger partial charge in [0.25, 0.3) is 0 Å². The molecule has 0 heterocycles. The molecule has 0 aliphatic heterocycles. The zero-order valence-corrected chi connectivity index (χ0v) is 10.7. The van der Waals surface area contributed by atoms with E-state index in [4.69, 9.17) is 10.2 Å². The summed E-state index contributed by atoms with van der Waals surface area (Å²) in [5, 5.41) is 19.9. The van der Waals surface area contributed by atoms with Gasteiger partial charge in [-0.2, -0.15) is 0 Å². The minimum absolute atomic E-state index is 0.331. The number of aliphatic carboxylic acids is 2. The van der Waals surface area contributed by atoms with E-state index in [2.05, 4.69) is 5.32 Å². The molecule has 0 fully saturated rings. The zero-order valence-electron chi connectivity index (χ0n) is 10.7. The Morgan fingerprint density at radius 2 is 1.70 bits per heavy atom. The van der Waals surface area contributed by atoms with Gasteiger partial charge >= 0.3 is 11.9 Å². The third kappa shape index (κ3) is 3.14. The van der Waals surface area contributed by atoms with E-state index in [1.807, 2.05) is 24.3 Å². The molecule has 1 atom stereocenters. The van der Waals surface area contributed by atoms with Crippen LogP contribution in [0.5, 0.6) is 0 Å². The number of nitrogens with one attached hydrogen (secondary N) is 1. The van der Waals surface area contributed by atoms with Crippen LogP contribution in [0.25, 0.3) is 0 Å². The van der Waals surface area contributed by atoms with E-state index in [0.29, 0.717) is 12.8 Å². The second kappa shape index (κ2) is 5.73. The number of hydrogen-bond acceptors (Lipinski definition) is 3. The van der Waals surface area contributed by atoms with Gasteiger partial charge in [0.05, 0.1) is 6.42 Å². The monoisotopic (exact) mass is 277 g/mol. The lowest BCUT2D eigenvalue weighted by Gasteiger charge is -2.15. The minimum atomic E-state index is -1.39. The summed E-state index contributed by atoms with van der Waals surface area (Å²) < 4.78 is 0. The molecule has 1 aliphatic carbocycles. The van der Waals surface area contributed by atoms with Crippen LogP contribution in [0.1, 0.15) is 17.5 Å². The summed E-state index contributed by atoms with van der Waals surface area (Å²) in [6, 6.07) is 6.28. The molecule has 6 nitrogen and oxygen atoms in total. The molecule has 0 bridgehead atoms. The lowest BCUT2D eigenvalue weighted by Crippen LogP contribution is -2.45. The van der Waals surface area contributed by atoms with Gasteiger partial charge in [-0.1, -0.05) is 24.3 Å². The first kappa shape index (κ1) is 14.0. The molecule has 20 heavy (non-hydrogen) atoms. The van der Waals surface area contributed by atoms with Crippen molar-refractivity contribution < 1.29 is 24.6 Å². The van der Waals surface area contributed by atoms with Crippen molar-refractivity contribution in [2.45, 2.75) is 25.3 Å². The molecule has 3 N–H and O–H groups in total. The smallest absolute Gasteiger partial charge is 0.326 e. The Morgan fingerprint density at radius 3 is 2.15 bits per heavy atom. The molecule has 0 spiro atoms. The fourth-order valence-corrected chi connectivity index (χ4v) is 2.41. The van der Waals surface area contributed by atoms with Crippen LogP contribution >= 0.6 is 0 Å². The Kier molecular flexibility index (Phi) is 4.02. The van der Waals surface area contributed by atoms with Crippen molar-refractivity contribution in [1.29, 1.82) is 0 Å². The van der Waals surface area contributed by atoms with Crippen LogP contribution < -0.4 is 5.32 Å². The van der Waals surface area contributed by atoms with E-state index in [9.17, 15) is 14.4 Å². The highest BCUT2D eigenvalue weighted by molar-refractivity contribution is 5.88. The van der Waals surface area contributed by atoms with E-state index in [0.717, 1.165) is 11.1 Å². The van der Waals surface area contributed by atoms with E-state index in [1.165, 1.54) is 0 Å². The summed E-state index contributed by atoms with van der Waals surface area (Å²) in [6.45, 7) is 0. The van der Waals surface area contributed by atoms with Crippen LogP contribution in [-0.2, 0) is 27.2 Å². The summed E-state index contributed by atoms with van der Waals surface area (Å²) in [5.74, 6) is -3.33. The summed E-state index contributed by atoms with van der Waals surface area (Å²) in [4.78, 5) is 33.5. The van der Waals surface area contributed by atoms with Crippen LogP contribution in [0.4, 0.5) is 0 Å². The van der Waals surface area contributed by atoms with E-state index in [1.54, 1.807) is 0 Å². The highest BCUT2D eigenvalue weighted by Crippen LogP contribution is 2.26. The van der Waals surface area contributed by atoms with Crippen LogP contribution in [0.2, 0.25) is 0 Å². The maximum atomic E-state index is 12.0. The van der Waals surface area contributed by atoms with E-state index in [-0.39, 0.29) is 5.92 Å². The molecule has 1 amide bonds. The second-order valence-corrected chi connectivity index (χ2v) is 4.87. The van der Waals surface area contributed by atoms with Crippen molar-refractivity contribution in [2.75, 3.05) is 0 Å². The van der Waals surface area contributed by atoms with Gasteiger partial charge < -0.3 is 15.5 Å². The highest BCUT2D eigenvalue weighted by Gasteiger charge is 2.30. The Morgan fingerprint density at radius 1 is 1.15 bits per heavy atom. The number of carbonyl (C=O) groups excluding carboxylic acids is 1. The summed E-state index contributed by atoms with van der Waals surface area (Å²) >= 11 is 0. The van der Waals surface area contributed by atoms with Gasteiger partial charge in [-0.15, -0.1) is 0 Å². The molecular weight excluding hydrogens is 262 g/mol. The summed E-state index contributed by atoms with van der Waals surface area (Å²) in [7, 11) is 0. The predicted molar refractivity (Wildman–Crippen MR) is 69.2 cm³/mol. The van der Waals surface area contributed by atoms with Crippen LogP contribution in [0.3, 0.4) is 0 Å². The molecule has 0 aromatic heterocycles. The van der Waals surface area contributed by atoms with E-state index >= 15 is 0 Å². The van der Waals surface area contributed by atoms with Crippen molar-refractivity contribution in [3.63, 3.8) is 0 Å². The van der Waals surface area contributed by atoms with Gasteiger partial charge in [0.15, 0.2) is 0 Å². The Labute approximate surface area is 115 Å². The van der Waals surface area contributed by atoms with Gasteiger partial charge in [-0.3, -0.25) is 9.59 Å². The first-order valence-electron chi connectivity index (χ1n) is 6.29. The number of amides is 1. The molecular formula is C14H15NO5. The number of carbonyl (C=O) groups is 3. The fourth-order valence-electron chi connectivity index (χ4n) is 2.41. The maximum absolute atomic E-state index is 12.0. The Hall–Kier alpha value is -2.37. The van der Waals surface area contributed by atoms with Crippen molar-refractivity contribution in [2.24, 2.45) is 5.92 Å². The number of carboxylic acid groups (broad SMARTS) is 2. The Balaban J connectivity index is 1.99. The molecule has 1 aromatic rings. The predicted octanol–water partition coefficient (Wildman–Crippen LogP) is 0.445. The average molecular weight is 277 g/mol. The topological polar surface area (TPSA) is 104 Å². The standard InChI is InChI=1S/C14H15NO5/c16-12(17)7-11(14(19)20)15-13(18)10-5-8-3-1-2-4-9(8)6-10/h1-4,10-11H,5-7H2,(H,15,18)(H,16,17)(H,19,20)/t11-/m0/s1. The molecule has 0 radical (unpaired) electrons. The molecule has 1 aromatic carbocycles. The van der Waals surface area contributed by atoms with Crippen molar-refractivity contribution in [3.8, 4) is 0 Å². The quantitative estimate of drug-likeness (QED) is 0.724. The molecule has 2 rings (SSSR count). The van der Waals surface area contributed by atoms with Gasteiger partial charge in [-0.25, -0.2) is 4.79 Å². The van der Waals surface area contributed by atoms with Crippen LogP contribution in [-0.4, -0.2) is 34.1 Å². The molecule has 0 saturated carbocycles. The van der Waals surface area contributed by atoms with E-state index < -0.39 is 30.3 Å². The number of fused-ring (bicyclic) bond motifs is 1. The average Bonchev–Trinajstić information content (AvgIpc) is 2.81. The van der Waals surface area contributed by atoms with Crippen LogP contribution in [0, 0.1) is 5.92 Å². The lowest BCUT2D eigenvalue weighted by atomic mass is 10.0. The van der Waals surface area contributed by atoms with Crippen LogP contribution in [0.15, 0.2) is 24.3 Å². The zero-order chi connectivity index (χ0) is 14.7. The summed E-state index contributed by atoms with van der Waals surface area (Å²) in [6.07, 6.45) is 0.490. The maximum Gasteiger partial charge on any atom is 0.326 e. The van der Waals surface area contributed by atoms with Gasteiger partial charge in [0.1, 0.15) is 6.04 Å². The Bertz CT molecular complexity index is 529. The fraction of sp³-hybridized carbons (Fsp3) is 0.357.